The van der Waals surface area contributed by atoms with Crippen molar-refractivity contribution in [1.29, 1.82) is 0 Å². The number of aliphatic hydroxyl groups excluding tert-OH is 5. The summed E-state index contributed by atoms with van der Waals surface area (Å²) in [5.74, 6) is -0.189. The molecule has 6 N–H and O–H groups in total. The molecular weight excluding hydrogens is 803 g/mol. The molecule has 0 radical (unpaired) electrons. The fraction of sp³-hybridized carbons (Fsp3) is 0.873. The highest BCUT2D eigenvalue weighted by molar-refractivity contribution is 5.76. The molecule has 1 amide bonds. The Hall–Kier alpha value is -1.59. The smallest absolute Gasteiger partial charge is 0.220 e. The molecule has 376 valence electrons. The van der Waals surface area contributed by atoms with Crippen molar-refractivity contribution in [1.82, 2.24) is 5.32 Å². The van der Waals surface area contributed by atoms with Crippen LogP contribution in [0, 0.1) is 0 Å². The number of aliphatic hydroxyl groups is 5. The van der Waals surface area contributed by atoms with Crippen LogP contribution >= 0.6 is 0 Å². The van der Waals surface area contributed by atoms with E-state index in [2.05, 4.69) is 43.5 Å². The molecule has 0 spiro atoms. The van der Waals surface area contributed by atoms with Crippen LogP contribution < -0.4 is 5.32 Å². The second-order valence-electron chi connectivity index (χ2n) is 19.0. The average Bonchev–Trinajstić information content (AvgIpc) is 3.29. The Bertz CT molecular complexity index is 1100. The number of rotatable bonds is 46. The Morgan fingerprint density at radius 1 is 0.516 bits per heavy atom. The molecule has 7 unspecified atom stereocenters. The van der Waals surface area contributed by atoms with Crippen LogP contribution in [0.5, 0.6) is 0 Å². The van der Waals surface area contributed by atoms with E-state index in [-0.39, 0.29) is 12.5 Å². The van der Waals surface area contributed by atoms with Crippen molar-refractivity contribution in [2.45, 2.75) is 294 Å². The van der Waals surface area contributed by atoms with E-state index in [0.29, 0.717) is 6.42 Å². The number of amides is 1. The van der Waals surface area contributed by atoms with Gasteiger partial charge in [0.1, 0.15) is 24.4 Å². The molecule has 1 aliphatic rings. The number of hydrogen-bond donors (Lipinski definition) is 6. The van der Waals surface area contributed by atoms with Crippen LogP contribution in [-0.2, 0) is 14.3 Å². The minimum absolute atomic E-state index is 0.189. The first-order valence-electron chi connectivity index (χ1n) is 27.2. The summed E-state index contributed by atoms with van der Waals surface area (Å²) in [7, 11) is 0. The monoisotopic (exact) mass is 906 g/mol. The van der Waals surface area contributed by atoms with E-state index in [9.17, 15) is 30.3 Å². The van der Waals surface area contributed by atoms with Crippen molar-refractivity contribution in [3.8, 4) is 0 Å². The SMILES string of the molecule is CCCCCCCCCCCCCC/C=C\CCCCCCCCCC(=O)NC(COC1OC(CO)C(O)C(O)C1O)C(O)/C=C/CC/C=C/CCCCCCCCCCCCCC. The van der Waals surface area contributed by atoms with Gasteiger partial charge in [0.15, 0.2) is 6.29 Å². The summed E-state index contributed by atoms with van der Waals surface area (Å²) in [6, 6.07) is -0.823. The maximum Gasteiger partial charge on any atom is 0.220 e. The molecule has 9 nitrogen and oxygen atoms in total. The maximum absolute atomic E-state index is 13.0. The van der Waals surface area contributed by atoms with E-state index >= 15 is 0 Å². The number of carbonyl (C=O) groups is 1. The van der Waals surface area contributed by atoms with Crippen molar-refractivity contribution >= 4 is 5.91 Å². The van der Waals surface area contributed by atoms with E-state index in [1.807, 2.05) is 6.08 Å². The van der Waals surface area contributed by atoms with Crippen molar-refractivity contribution in [3.63, 3.8) is 0 Å². The van der Waals surface area contributed by atoms with Crippen LogP contribution in [0.3, 0.4) is 0 Å². The Morgan fingerprint density at radius 2 is 0.891 bits per heavy atom. The molecule has 0 aromatic rings. The number of hydrogen-bond acceptors (Lipinski definition) is 8. The highest BCUT2D eigenvalue weighted by Crippen LogP contribution is 2.23. The second-order valence-corrected chi connectivity index (χ2v) is 19.0. The zero-order chi connectivity index (χ0) is 46.6. The number of nitrogens with one attached hydrogen (secondary N) is 1. The Kier molecular flexibility index (Phi) is 42.7. The van der Waals surface area contributed by atoms with Gasteiger partial charge in [0.25, 0.3) is 0 Å². The summed E-state index contributed by atoms with van der Waals surface area (Å²) in [6.45, 7) is 3.78. The first-order valence-corrected chi connectivity index (χ1v) is 27.2. The summed E-state index contributed by atoms with van der Waals surface area (Å²) in [6.07, 6.45) is 50.6. The van der Waals surface area contributed by atoms with Gasteiger partial charge in [-0.2, -0.15) is 0 Å². The molecule has 64 heavy (non-hydrogen) atoms. The minimum atomic E-state index is -1.57. The molecule has 1 heterocycles. The molecule has 1 fully saturated rings. The quantitative estimate of drug-likeness (QED) is 0.0261. The number of allylic oxidation sites excluding steroid dienone is 5. The number of carbonyl (C=O) groups excluding carboxylic acids is 1. The van der Waals surface area contributed by atoms with Crippen molar-refractivity contribution in [2.75, 3.05) is 13.2 Å². The van der Waals surface area contributed by atoms with Crippen LogP contribution in [0.15, 0.2) is 36.5 Å². The Labute approximate surface area is 393 Å². The van der Waals surface area contributed by atoms with Gasteiger partial charge >= 0.3 is 0 Å². The van der Waals surface area contributed by atoms with Crippen molar-refractivity contribution in [2.24, 2.45) is 0 Å². The van der Waals surface area contributed by atoms with Crippen LogP contribution in [-0.4, -0.2) is 87.5 Å². The second kappa shape index (κ2) is 45.2. The van der Waals surface area contributed by atoms with Gasteiger partial charge in [0.2, 0.25) is 5.91 Å². The fourth-order valence-electron chi connectivity index (χ4n) is 8.58. The molecule has 1 aliphatic heterocycles. The topological polar surface area (TPSA) is 149 Å². The minimum Gasteiger partial charge on any atom is -0.394 e. The van der Waals surface area contributed by atoms with Gasteiger partial charge in [0.05, 0.1) is 25.4 Å². The van der Waals surface area contributed by atoms with Crippen LogP contribution in [0.25, 0.3) is 0 Å². The van der Waals surface area contributed by atoms with E-state index in [0.717, 1.165) is 51.4 Å². The average molecular weight is 906 g/mol. The van der Waals surface area contributed by atoms with Crippen molar-refractivity contribution < 1.29 is 39.8 Å². The first kappa shape index (κ1) is 60.4. The van der Waals surface area contributed by atoms with Gasteiger partial charge in [-0.25, -0.2) is 0 Å². The first-order chi connectivity index (χ1) is 31.3. The molecular formula is C55H103NO8. The highest BCUT2D eigenvalue weighted by Gasteiger charge is 2.44. The highest BCUT2D eigenvalue weighted by atomic mass is 16.7. The van der Waals surface area contributed by atoms with Gasteiger partial charge in [0, 0.05) is 6.42 Å². The fourth-order valence-corrected chi connectivity index (χ4v) is 8.58. The van der Waals surface area contributed by atoms with Gasteiger partial charge in [-0.05, 0) is 57.8 Å². The molecule has 0 aromatic carbocycles. The number of ether oxygens (including phenoxy) is 2. The Balaban J connectivity index is 2.28. The van der Waals surface area contributed by atoms with Crippen LogP contribution in [0.4, 0.5) is 0 Å². The van der Waals surface area contributed by atoms with Gasteiger partial charge in [-0.15, -0.1) is 0 Å². The molecule has 1 saturated heterocycles. The van der Waals surface area contributed by atoms with Gasteiger partial charge < -0.3 is 40.3 Å². The molecule has 1 rings (SSSR count). The standard InChI is InChI=1S/C55H103NO8/c1-3-5-7-9-11-13-15-17-19-21-23-24-25-26-27-29-31-33-35-37-39-41-43-45-51(59)56-48(47-63-55-54(62)53(61)52(60)50(46-57)64-55)49(58)44-42-40-38-36-34-32-30-28-22-20-18-16-14-12-10-8-6-4-2/h26-27,34,36,42,44,48-50,52-55,57-58,60-62H,3-25,28-33,35,37-41,43,45-47H2,1-2H3,(H,56,59)/b27-26-,36-34+,44-42+. The lowest BCUT2D eigenvalue weighted by molar-refractivity contribution is -0.302. The lowest BCUT2D eigenvalue weighted by atomic mass is 9.99. The maximum atomic E-state index is 13.0. The van der Waals surface area contributed by atoms with E-state index in [1.54, 1.807) is 6.08 Å². The predicted molar refractivity (Wildman–Crippen MR) is 267 cm³/mol. The van der Waals surface area contributed by atoms with Crippen LogP contribution in [0.2, 0.25) is 0 Å². The molecule has 0 bridgehead atoms. The third kappa shape index (κ3) is 34.7. The lowest BCUT2D eigenvalue weighted by Crippen LogP contribution is -2.60. The summed E-state index contributed by atoms with van der Waals surface area (Å²) in [5.41, 5.74) is 0. The zero-order valence-corrected chi connectivity index (χ0v) is 41.5. The predicted octanol–water partition coefficient (Wildman–Crippen LogP) is 12.8. The summed E-state index contributed by atoms with van der Waals surface area (Å²) in [4.78, 5) is 13.0. The van der Waals surface area contributed by atoms with Crippen molar-refractivity contribution in [3.05, 3.63) is 36.5 Å². The summed E-state index contributed by atoms with van der Waals surface area (Å²) < 4.78 is 11.2. The zero-order valence-electron chi connectivity index (χ0n) is 41.5. The molecule has 9 heteroatoms. The van der Waals surface area contributed by atoms with E-state index in [1.165, 1.54) is 180 Å². The van der Waals surface area contributed by atoms with E-state index < -0.39 is 49.5 Å². The molecule has 7 atom stereocenters. The summed E-state index contributed by atoms with van der Waals surface area (Å²) >= 11 is 0. The Morgan fingerprint density at radius 3 is 1.31 bits per heavy atom. The molecule has 0 aromatic heterocycles. The largest absolute Gasteiger partial charge is 0.394 e. The van der Waals surface area contributed by atoms with Gasteiger partial charge in [-0.1, -0.05) is 224 Å². The van der Waals surface area contributed by atoms with Gasteiger partial charge in [-0.3, -0.25) is 4.79 Å². The third-order valence-corrected chi connectivity index (χ3v) is 12.9. The molecule has 0 saturated carbocycles. The summed E-state index contributed by atoms with van der Waals surface area (Å²) in [5, 5.41) is 54.4. The normalized spacial score (nSPS) is 20.3. The van der Waals surface area contributed by atoms with E-state index in [4.69, 9.17) is 9.47 Å². The molecule has 0 aliphatic carbocycles. The number of unbranched alkanes of at least 4 members (excludes halogenated alkanes) is 32. The third-order valence-electron chi connectivity index (χ3n) is 12.9. The van der Waals surface area contributed by atoms with Crippen LogP contribution in [0.1, 0.15) is 251 Å². The lowest BCUT2D eigenvalue weighted by Gasteiger charge is -2.40.